The number of benzene rings is 1. The van der Waals surface area contributed by atoms with Gasteiger partial charge in [-0.25, -0.2) is 0 Å². The highest BCUT2D eigenvalue weighted by Gasteiger charge is 2.12. The summed E-state index contributed by atoms with van der Waals surface area (Å²) in [6.07, 6.45) is 0. The summed E-state index contributed by atoms with van der Waals surface area (Å²) in [6.45, 7) is 4.02. The number of likely N-dealkylation sites (N-methyl/N-ethyl adjacent to an activating group) is 1. The molecule has 0 fully saturated rings. The molecule has 0 N–H and O–H groups in total. The van der Waals surface area contributed by atoms with Gasteiger partial charge in [-0.15, -0.1) is 0 Å². The van der Waals surface area contributed by atoms with E-state index in [9.17, 15) is 4.79 Å². The fraction of sp³-hybridized carbons (Fsp3) is 0.417. The minimum atomic E-state index is -0.0158. The van der Waals surface area contributed by atoms with Crippen LogP contribution in [0.25, 0.3) is 0 Å². The Morgan fingerprint density at radius 1 is 1.38 bits per heavy atom. The van der Waals surface area contributed by atoms with E-state index in [4.69, 9.17) is 4.74 Å². The van der Waals surface area contributed by atoms with Crippen LogP contribution in [0.2, 0.25) is 0 Å². The maximum absolute atomic E-state index is 11.6. The van der Waals surface area contributed by atoms with Crippen molar-refractivity contribution in [1.29, 1.82) is 0 Å². The van der Waals surface area contributed by atoms with Gasteiger partial charge in [0.25, 0.3) is 5.91 Å². The van der Waals surface area contributed by atoms with Crippen molar-refractivity contribution in [1.82, 2.24) is 4.90 Å². The Morgan fingerprint density at radius 3 is 2.44 bits per heavy atom. The Hall–Kier alpha value is -1.03. The van der Waals surface area contributed by atoms with Crippen molar-refractivity contribution in [3.05, 3.63) is 28.7 Å². The van der Waals surface area contributed by atoms with E-state index in [1.807, 2.05) is 38.1 Å². The van der Waals surface area contributed by atoms with Gasteiger partial charge in [0.2, 0.25) is 0 Å². The fourth-order valence-electron chi connectivity index (χ4n) is 1.07. The van der Waals surface area contributed by atoms with Crippen molar-refractivity contribution < 1.29 is 9.53 Å². The van der Waals surface area contributed by atoms with E-state index in [0.29, 0.717) is 5.75 Å². The summed E-state index contributed by atoms with van der Waals surface area (Å²) in [7, 11) is 1.78. The molecule has 3 nitrogen and oxygen atoms in total. The van der Waals surface area contributed by atoms with Crippen LogP contribution in [0, 0.1) is 0 Å². The molecule has 0 spiro atoms. The molecule has 1 aromatic carbocycles. The smallest absolute Gasteiger partial charge is 0.260 e. The Labute approximate surface area is 105 Å². The molecule has 0 unspecified atom stereocenters. The Balaban J connectivity index is 2.46. The lowest BCUT2D eigenvalue weighted by Gasteiger charge is -2.21. The fourth-order valence-corrected chi connectivity index (χ4v) is 1.33. The molecule has 0 saturated heterocycles. The van der Waals surface area contributed by atoms with E-state index < -0.39 is 0 Å². The molecule has 0 aliphatic heterocycles. The number of hydrogen-bond donors (Lipinski definition) is 0. The van der Waals surface area contributed by atoms with Crippen molar-refractivity contribution in [3.8, 4) is 5.75 Å². The lowest BCUT2D eigenvalue weighted by molar-refractivity contribution is -0.133. The van der Waals surface area contributed by atoms with Crippen LogP contribution in [-0.2, 0) is 4.79 Å². The van der Waals surface area contributed by atoms with Gasteiger partial charge in [0.1, 0.15) is 5.75 Å². The monoisotopic (exact) mass is 285 g/mol. The van der Waals surface area contributed by atoms with Gasteiger partial charge in [0, 0.05) is 17.6 Å². The molecule has 0 radical (unpaired) electrons. The predicted molar refractivity (Wildman–Crippen MR) is 67.5 cm³/mol. The Kier molecular flexibility index (Phi) is 4.80. The first-order valence-corrected chi connectivity index (χ1v) is 5.94. The molecule has 1 amide bonds. The first kappa shape index (κ1) is 13.0. The molecule has 4 heteroatoms. The second-order valence-electron chi connectivity index (χ2n) is 3.84. The van der Waals surface area contributed by atoms with Crippen LogP contribution in [0.1, 0.15) is 13.8 Å². The van der Waals surface area contributed by atoms with Crippen LogP contribution in [-0.4, -0.2) is 30.5 Å². The summed E-state index contributed by atoms with van der Waals surface area (Å²) < 4.78 is 6.37. The van der Waals surface area contributed by atoms with Crippen LogP contribution in [0.15, 0.2) is 28.7 Å². The average Bonchev–Trinajstić information content (AvgIpc) is 2.26. The molecule has 0 atom stereocenters. The molecule has 0 aliphatic carbocycles. The molecule has 88 valence electrons. The molecular formula is C12H16BrNO2. The van der Waals surface area contributed by atoms with Gasteiger partial charge < -0.3 is 9.64 Å². The average molecular weight is 286 g/mol. The minimum absolute atomic E-state index is 0.0158. The second-order valence-corrected chi connectivity index (χ2v) is 4.76. The van der Waals surface area contributed by atoms with Crippen molar-refractivity contribution in [2.45, 2.75) is 19.9 Å². The van der Waals surface area contributed by atoms with Gasteiger partial charge in [0.15, 0.2) is 6.61 Å². The molecule has 0 aromatic heterocycles. The van der Waals surface area contributed by atoms with E-state index in [1.54, 1.807) is 11.9 Å². The van der Waals surface area contributed by atoms with Crippen LogP contribution < -0.4 is 4.74 Å². The maximum Gasteiger partial charge on any atom is 0.260 e. The maximum atomic E-state index is 11.6. The number of carbonyl (C=O) groups is 1. The lowest BCUT2D eigenvalue weighted by atomic mass is 10.3. The molecule has 16 heavy (non-hydrogen) atoms. The normalized spacial score (nSPS) is 10.3. The molecule has 0 bridgehead atoms. The molecule has 0 heterocycles. The summed E-state index contributed by atoms with van der Waals surface area (Å²) in [5.74, 6) is 0.687. The highest BCUT2D eigenvalue weighted by molar-refractivity contribution is 9.10. The summed E-state index contributed by atoms with van der Waals surface area (Å²) in [5, 5.41) is 0. The highest BCUT2D eigenvalue weighted by atomic mass is 79.9. The van der Waals surface area contributed by atoms with Crippen molar-refractivity contribution in [2.75, 3.05) is 13.7 Å². The van der Waals surface area contributed by atoms with Gasteiger partial charge in [-0.05, 0) is 38.1 Å². The standard InChI is InChI=1S/C12H16BrNO2/c1-9(2)14(3)12(15)8-16-11-6-4-10(13)5-7-11/h4-7,9H,8H2,1-3H3. The lowest BCUT2D eigenvalue weighted by Crippen LogP contribution is -2.36. The van der Waals surface area contributed by atoms with Gasteiger partial charge in [-0.2, -0.15) is 0 Å². The molecule has 1 aromatic rings. The Bertz CT molecular complexity index is 349. The first-order chi connectivity index (χ1) is 7.50. The predicted octanol–water partition coefficient (Wildman–Crippen LogP) is 2.69. The third-order valence-corrected chi connectivity index (χ3v) is 2.87. The number of halogens is 1. The van der Waals surface area contributed by atoms with E-state index in [-0.39, 0.29) is 18.6 Å². The van der Waals surface area contributed by atoms with Crippen molar-refractivity contribution in [3.63, 3.8) is 0 Å². The number of nitrogens with zero attached hydrogens (tertiary/aromatic N) is 1. The number of rotatable bonds is 4. The van der Waals surface area contributed by atoms with E-state index in [2.05, 4.69) is 15.9 Å². The molecule has 0 saturated carbocycles. The quantitative estimate of drug-likeness (QED) is 0.851. The number of carbonyl (C=O) groups excluding carboxylic acids is 1. The zero-order chi connectivity index (χ0) is 12.1. The summed E-state index contributed by atoms with van der Waals surface area (Å²) in [4.78, 5) is 13.3. The summed E-state index contributed by atoms with van der Waals surface area (Å²) in [6, 6.07) is 7.61. The summed E-state index contributed by atoms with van der Waals surface area (Å²) in [5.41, 5.74) is 0. The zero-order valence-corrected chi connectivity index (χ0v) is 11.3. The van der Waals surface area contributed by atoms with Crippen LogP contribution in [0.5, 0.6) is 5.75 Å². The van der Waals surface area contributed by atoms with E-state index in [1.165, 1.54) is 0 Å². The molecule has 1 rings (SSSR count). The van der Waals surface area contributed by atoms with Crippen LogP contribution in [0.4, 0.5) is 0 Å². The van der Waals surface area contributed by atoms with Gasteiger partial charge >= 0.3 is 0 Å². The molecule has 0 aliphatic rings. The zero-order valence-electron chi connectivity index (χ0n) is 9.74. The van der Waals surface area contributed by atoms with Gasteiger partial charge in [0.05, 0.1) is 0 Å². The number of amides is 1. The SMILES string of the molecule is CC(C)N(C)C(=O)COc1ccc(Br)cc1. The first-order valence-electron chi connectivity index (χ1n) is 5.14. The van der Waals surface area contributed by atoms with Crippen molar-refractivity contribution >= 4 is 21.8 Å². The third-order valence-electron chi connectivity index (χ3n) is 2.34. The van der Waals surface area contributed by atoms with Gasteiger partial charge in [-0.1, -0.05) is 15.9 Å². The third kappa shape index (κ3) is 3.85. The van der Waals surface area contributed by atoms with E-state index in [0.717, 1.165) is 4.47 Å². The number of hydrogen-bond acceptors (Lipinski definition) is 2. The highest BCUT2D eigenvalue weighted by Crippen LogP contribution is 2.16. The Morgan fingerprint density at radius 2 is 1.94 bits per heavy atom. The van der Waals surface area contributed by atoms with Crippen molar-refractivity contribution in [2.24, 2.45) is 0 Å². The largest absolute Gasteiger partial charge is 0.484 e. The van der Waals surface area contributed by atoms with Gasteiger partial charge in [-0.3, -0.25) is 4.79 Å². The van der Waals surface area contributed by atoms with Crippen LogP contribution in [0.3, 0.4) is 0 Å². The minimum Gasteiger partial charge on any atom is -0.484 e. The molecular weight excluding hydrogens is 270 g/mol. The second kappa shape index (κ2) is 5.89. The van der Waals surface area contributed by atoms with Crippen LogP contribution >= 0.6 is 15.9 Å². The summed E-state index contributed by atoms with van der Waals surface area (Å²) >= 11 is 3.34. The number of ether oxygens (including phenoxy) is 1. The topological polar surface area (TPSA) is 29.5 Å². The van der Waals surface area contributed by atoms with E-state index >= 15 is 0 Å².